The summed E-state index contributed by atoms with van der Waals surface area (Å²) >= 11 is 1.73. The predicted octanol–water partition coefficient (Wildman–Crippen LogP) is 4.09. The topological polar surface area (TPSA) is 55.4 Å². The monoisotopic (exact) mass is 405 g/mol. The molecule has 0 aromatic heterocycles. The van der Waals surface area contributed by atoms with Crippen LogP contribution in [-0.4, -0.2) is 27.8 Å². The number of thioether (sulfide) groups is 1. The normalized spacial score (nSPS) is 14.0. The van der Waals surface area contributed by atoms with Crippen molar-refractivity contribution in [3.05, 3.63) is 58.7 Å². The molecule has 0 spiro atoms. The van der Waals surface area contributed by atoms with E-state index in [4.69, 9.17) is 4.74 Å². The SMILES string of the molecule is COc1cc2c(cc1S(=O)(=O)NCCSCc1cccc(C)c1)CCCC2. The first-order chi connectivity index (χ1) is 13.0. The summed E-state index contributed by atoms with van der Waals surface area (Å²) in [6, 6.07) is 12.1. The Morgan fingerprint density at radius 3 is 2.56 bits per heavy atom. The maximum atomic E-state index is 12.8. The highest BCUT2D eigenvalue weighted by molar-refractivity contribution is 7.98. The molecule has 2 aromatic rings. The molecular weight excluding hydrogens is 378 g/mol. The van der Waals surface area contributed by atoms with E-state index in [0.29, 0.717) is 12.3 Å². The van der Waals surface area contributed by atoms with Gasteiger partial charge in [0, 0.05) is 18.1 Å². The smallest absolute Gasteiger partial charge is 0.244 e. The fraction of sp³-hybridized carbons (Fsp3) is 0.429. The van der Waals surface area contributed by atoms with Crippen LogP contribution in [0.15, 0.2) is 41.3 Å². The Balaban J connectivity index is 1.59. The van der Waals surface area contributed by atoms with Gasteiger partial charge in [0.15, 0.2) is 0 Å². The van der Waals surface area contributed by atoms with Crippen molar-refractivity contribution >= 4 is 21.8 Å². The molecule has 0 saturated heterocycles. The van der Waals surface area contributed by atoms with Crippen molar-refractivity contribution in [3.8, 4) is 5.75 Å². The Bertz CT molecular complexity index is 894. The number of benzene rings is 2. The number of hydrogen-bond acceptors (Lipinski definition) is 4. The van der Waals surface area contributed by atoms with Gasteiger partial charge < -0.3 is 4.74 Å². The molecule has 3 rings (SSSR count). The van der Waals surface area contributed by atoms with Crippen LogP contribution in [0.1, 0.15) is 35.1 Å². The number of ether oxygens (including phenoxy) is 1. The standard InChI is InChI=1S/C21H27NO3S2/c1-16-6-5-7-17(12-16)15-26-11-10-22-27(23,24)21-14-19-9-4-3-8-18(19)13-20(21)25-2/h5-7,12-14,22H,3-4,8-11,15H2,1-2H3. The number of aryl methyl sites for hydroxylation is 3. The second kappa shape index (κ2) is 9.13. The van der Waals surface area contributed by atoms with E-state index in [2.05, 4.69) is 35.9 Å². The molecule has 0 radical (unpaired) electrons. The number of sulfonamides is 1. The molecule has 6 heteroatoms. The number of fused-ring (bicyclic) bond motifs is 1. The minimum Gasteiger partial charge on any atom is -0.495 e. The number of rotatable bonds is 8. The summed E-state index contributed by atoms with van der Waals surface area (Å²) in [5.74, 6) is 2.04. The summed E-state index contributed by atoms with van der Waals surface area (Å²) in [6.07, 6.45) is 4.20. The molecular formula is C21H27NO3S2. The van der Waals surface area contributed by atoms with Crippen molar-refractivity contribution in [3.63, 3.8) is 0 Å². The van der Waals surface area contributed by atoms with Crippen LogP contribution >= 0.6 is 11.8 Å². The van der Waals surface area contributed by atoms with Gasteiger partial charge in [-0.3, -0.25) is 0 Å². The molecule has 4 nitrogen and oxygen atoms in total. The Labute approximate surface area is 166 Å². The van der Waals surface area contributed by atoms with Crippen LogP contribution in [0.25, 0.3) is 0 Å². The number of methoxy groups -OCH3 is 1. The molecule has 0 amide bonds. The molecule has 0 bridgehead atoms. The summed E-state index contributed by atoms with van der Waals surface area (Å²) in [6.45, 7) is 2.48. The highest BCUT2D eigenvalue weighted by Gasteiger charge is 2.22. The number of hydrogen-bond donors (Lipinski definition) is 1. The Morgan fingerprint density at radius 2 is 1.85 bits per heavy atom. The van der Waals surface area contributed by atoms with Crippen LogP contribution < -0.4 is 9.46 Å². The van der Waals surface area contributed by atoms with Crippen molar-refractivity contribution in [2.45, 2.75) is 43.3 Å². The lowest BCUT2D eigenvalue weighted by Gasteiger charge is -2.19. The highest BCUT2D eigenvalue weighted by atomic mass is 32.2. The zero-order valence-electron chi connectivity index (χ0n) is 16.0. The van der Waals surface area contributed by atoms with E-state index in [-0.39, 0.29) is 4.90 Å². The van der Waals surface area contributed by atoms with Crippen LogP contribution in [0.4, 0.5) is 0 Å². The third-order valence-electron chi connectivity index (χ3n) is 4.81. The molecule has 146 valence electrons. The van der Waals surface area contributed by atoms with Gasteiger partial charge in [0.25, 0.3) is 0 Å². The van der Waals surface area contributed by atoms with Crippen LogP contribution in [0.2, 0.25) is 0 Å². The van der Waals surface area contributed by atoms with Crippen LogP contribution in [0.5, 0.6) is 5.75 Å². The molecule has 0 heterocycles. The zero-order valence-corrected chi connectivity index (χ0v) is 17.6. The first-order valence-electron chi connectivity index (χ1n) is 9.32. The minimum atomic E-state index is -3.58. The van der Waals surface area contributed by atoms with Crippen molar-refractivity contribution < 1.29 is 13.2 Å². The van der Waals surface area contributed by atoms with E-state index in [9.17, 15) is 8.42 Å². The molecule has 0 unspecified atom stereocenters. The first-order valence-corrected chi connectivity index (χ1v) is 12.0. The van der Waals surface area contributed by atoms with E-state index < -0.39 is 10.0 Å². The second-order valence-electron chi connectivity index (χ2n) is 6.92. The Kier molecular flexibility index (Phi) is 6.84. The van der Waals surface area contributed by atoms with Gasteiger partial charge in [0.05, 0.1) is 7.11 Å². The fourth-order valence-corrected chi connectivity index (χ4v) is 5.59. The van der Waals surface area contributed by atoms with E-state index in [1.54, 1.807) is 17.8 Å². The van der Waals surface area contributed by atoms with Gasteiger partial charge in [-0.25, -0.2) is 13.1 Å². The number of nitrogens with one attached hydrogen (secondary N) is 1. The van der Waals surface area contributed by atoms with Gasteiger partial charge in [-0.15, -0.1) is 0 Å². The lowest BCUT2D eigenvalue weighted by atomic mass is 9.92. The summed E-state index contributed by atoms with van der Waals surface area (Å²) in [4.78, 5) is 0.259. The Hall–Kier alpha value is -1.50. The average molecular weight is 406 g/mol. The molecule has 0 atom stereocenters. The second-order valence-corrected chi connectivity index (χ2v) is 9.76. The average Bonchev–Trinajstić information content (AvgIpc) is 2.66. The predicted molar refractivity (Wildman–Crippen MR) is 112 cm³/mol. The zero-order chi connectivity index (χ0) is 19.3. The molecule has 1 N–H and O–H groups in total. The van der Waals surface area contributed by atoms with Gasteiger partial charge in [-0.05, 0) is 61.4 Å². The van der Waals surface area contributed by atoms with Crippen molar-refractivity contribution in [1.29, 1.82) is 0 Å². The lowest BCUT2D eigenvalue weighted by Crippen LogP contribution is -2.27. The molecule has 1 aliphatic carbocycles. The molecule has 0 fully saturated rings. The fourth-order valence-electron chi connectivity index (χ4n) is 3.43. The summed E-state index contributed by atoms with van der Waals surface area (Å²) in [5, 5.41) is 0. The summed E-state index contributed by atoms with van der Waals surface area (Å²) in [7, 11) is -2.05. The summed E-state index contributed by atoms with van der Waals surface area (Å²) < 4.78 is 33.6. The molecule has 2 aromatic carbocycles. The largest absolute Gasteiger partial charge is 0.495 e. The minimum absolute atomic E-state index is 0.259. The van der Waals surface area contributed by atoms with E-state index in [1.165, 1.54) is 23.8 Å². The van der Waals surface area contributed by atoms with Crippen molar-refractivity contribution in [2.75, 3.05) is 19.4 Å². The van der Waals surface area contributed by atoms with Crippen LogP contribution in [-0.2, 0) is 28.6 Å². The van der Waals surface area contributed by atoms with Crippen LogP contribution in [0, 0.1) is 6.92 Å². The third kappa shape index (κ3) is 5.27. The quantitative estimate of drug-likeness (QED) is 0.672. The van der Waals surface area contributed by atoms with E-state index in [0.717, 1.165) is 42.8 Å². The first kappa shape index (κ1) is 20.2. The third-order valence-corrected chi connectivity index (χ3v) is 7.32. The van der Waals surface area contributed by atoms with Gasteiger partial charge in [-0.1, -0.05) is 29.8 Å². The van der Waals surface area contributed by atoms with Gasteiger partial charge in [-0.2, -0.15) is 11.8 Å². The highest BCUT2D eigenvalue weighted by Crippen LogP contribution is 2.31. The Morgan fingerprint density at radius 1 is 1.11 bits per heavy atom. The lowest BCUT2D eigenvalue weighted by molar-refractivity contribution is 0.401. The maximum Gasteiger partial charge on any atom is 0.244 e. The van der Waals surface area contributed by atoms with E-state index >= 15 is 0 Å². The van der Waals surface area contributed by atoms with Crippen LogP contribution in [0.3, 0.4) is 0 Å². The van der Waals surface area contributed by atoms with Crippen molar-refractivity contribution in [2.24, 2.45) is 0 Å². The van der Waals surface area contributed by atoms with E-state index in [1.807, 2.05) is 6.07 Å². The molecule has 1 aliphatic rings. The van der Waals surface area contributed by atoms with Gasteiger partial charge >= 0.3 is 0 Å². The molecule has 27 heavy (non-hydrogen) atoms. The molecule has 0 aliphatic heterocycles. The maximum absolute atomic E-state index is 12.8. The summed E-state index contributed by atoms with van der Waals surface area (Å²) in [5.41, 5.74) is 4.86. The van der Waals surface area contributed by atoms with Crippen molar-refractivity contribution in [1.82, 2.24) is 4.72 Å². The van der Waals surface area contributed by atoms with Gasteiger partial charge in [0.2, 0.25) is 10.0 Å². The van der Waals surface area contributed by atoms with Gasteiger partial charge in [0.1, 0.15) is 10.6 Å². The molecule has 0 saturated carbocycles.